The lowest BCUT2D eigenvalue weighted by atomic mass is 10.1. The van der Waals surface area contributed by atoms with E-state index in [0.717, 1.165) is 4.57 Å². The molecule has 1 aromatic heterocycles. The molecule has 8 heteroatoms. The number of aliphatic hydroxyl groups excluding tert-OH is 1. The minimum Gasteiger partial charge on any atom is -0.393 e. The number of aromatic amines is 1. The van der Waals surface area contributed by atoms with E-state index in [2.05, 4.69) is 4.98 Å². The predicted octanol–water partition coefficient (Wildman–Crippen LogP) is -1.22. The first-order valence-corrected chi connectivity index (χ1v) is 7.00. The van der Waals surface area contributed by atoms with Crippen molar-refractivity contribution >= 4 is 11.6 Å². The molecule has 4 N–H and O–H groups in total. The number of ketones is 1. The van der Waals surface area contributed by atoms with Crippen LogP contribution in [0.3, 0.4) is 0 Å². The molecule has 8 nitrogen and oxygen atoms in total. The van der Waals surface area contributed by atoms with Gasteiger partial charge in [-0.2, -0.15) is 0 Å². The van der Waals surface area contributed by atoms with Crippen LogP contribution in [0.2, 0.25) is 0 Å². The molecule has 1 fully saturated rings. The molecule has 116 valence electrons. The molecule has 2 heterocycles. The average molecular weight is 296 g/mol. The fourth-order valence-corrected chi connectivity index (χ4v) is 2.53. The number of likely N-dealkylation sites (tertiary alicyclic amines) is 1. The number of anilines is 1. The monoisotopic (exact) mass is 296 g/mol. The third-order valence-electron chi connectivity index (χ3n) is 3.76. The van der Waals surface area contributed by atoms with Gasteiger partial charge in [-0.05, 0) is 19.8 Å². The zero-order chi connectivity index (χ0) is 15.6. The molecule has 1 saturated heterocycles. The standard InChI is InChI=1S/C13H20N4O4/c1-2-17-11(14)10(12(20)15-13(17)21)9(19)7-16-5-3-8(18)4-6-16/h8,18H,2-7,14H2,1H3,(H,15,20,21). The molecule has 1 aliphatic rings. The van der Waals surface area contributed by atoms with Gasteiger partial charge >= 0.3 is 5.69 Å². The van der Waals surface area contributed by atoms with Crippen LogP contribution in [0.25, 0.3) is 0 Å². The number of aromatic nitrogens is 2. The number of piperidine rings is 1. The number of nitrogens with one attached hydrogen (secondary N) is 1. The van der Waals surface area contributed by atoms with E-state index < -0.39 is 17.0 Å². The zero-order valence-corrected chi connectivity index (χ0v) is 12.0. The largest absolute Gasteiger partial charge is 0.393 e. The van der Waals surface area contributed by atoms with Crippen LogP contribution in [0.15, 0.2) is 9.59 Å². The van der Waals surface area contributed by atoms with Gasteiger partial charge in [-0.15, -0.1) is 0 Å². The summed E-state index contributed by atoms with van der Waals surface area (Å²) in [5.41, 5.74) is 4.26. The molecule has 0 aliphatic carbocycles. The van der Waals surface area contributed by atoms with Gasteiger partial charge < -0.3 is 10.8 Å². The highest BCUT2D eigenvalue weighted by atomic mass is 16.3. The SMILES string of the molecule is CCn1c(N)c(C(=O)CN2CCC(O)CC2)c(=O)[nH]c1=O. The molecular formula is C13H20N4O4. The van der Waals surface area contributed by atoms with Gasteiger partial charge in [-0.3, -0.25) is 24.0 Å². The van der Waals surface area contributed by atoms with E-state index in [1.54, 1.807) is 6.92 Å². The van der Waals surface area contributed by atoms with E-state index in [4.69, 9.17) is 5.73 Å². The number of aliphatic hydroxyl groups is 1. The van der Waals surface area contributed by atoms with E-state index in [-0.39, 0.29) is 30.6 Å². The highest BCUT2D eigenvalue weighted by Crippen LogP contribution is 2.12. The quantitative estimate of drug-likeness (QED) is 0.599. The summed E-state index contributed by atoms with van der Waals surface area (Å²) in [6.45, 7) is 3.23. The summed E-state index contributed by atoms with van der Waals surface area (Å²) in [7, 11) is 0. The predicted molar refractivity (Wildman–Crippen MR) is 77.4 cm³/mol. The molecule has 1 aliphatic heterocycles. The van der Waals surface area contributed by atoms with Crippen molar-refractivity contribution in [3.8, 4) is 0 Å². The third-order valence-corrected chi connectivity index (χ3v) is 3.76. The van der Waals surface area contributed by atoms with Gasteiger partial charge in [-0.25, -0.2) is 4.79 Å². The van der Waals surface area contributed by atoms with E-state index in [9.17, 15) is 19.5 Å². The van der Waals surface area contributed by atoms with Crippen molar-refractivity contribution in [3.05, 3.63) is 26.4 Å². The Morgan fingerprint density at radius 2 is 2.00 bits per heavy atom. The first-order chi connectivity index (χ1) is 9.93. The molecule has 0 spiro atoms. The van der Waals surface area contributed by atoms with Gasteiger partial charge in [0.15, 0.2) is 5.78 Å². The first-order valence-electron chi connectivity index (χ1n) is 7.00. The van der Waals surface area contributed by atoms with Gasteiger partial charge in [0, 0.05) is 19.6 Å². The fraction of sp³-hybridized carbons (Fsp3) is 0.615. The van der Waals surface area contributed by atoms with Crippen LogP contribution >= 0.6 is 0 Å². The molecule has 1 aromatic rings. The summed E-state index contributed by atoms with van der Waals surface area (Å²) in [5.74, 6) is -0.499. The van der Waals surface area contributed by atoms with Crippen LogP contribution in [0, 0.1) is 0 Å². The maximum atomic E-state index is 12.3. The lowest BCUT2D eigenvalue weighted by Gasteiger charge is -2.28. The van der Waals surface area contributed by atoms with E-state index in [0.29, 0.717) is 25.9 Å². The van der Waals surface area contributed by atoms with Crippen molar-refractivity contribution in [1.82, 2.24) is 14.5 Å². The first kappa shape index (κ1) is 15.5. The van der Waals surface area contributed by atoms with Crippen LogP contribution in [0.1, 0.15) is 30.1 Å². The second-order valence-electron chi connectivity index (χ2n) is 5.19. The fourth-order valence-electron chi connectivity index (χ4n) is 2.53. The van der Waals surface area contributed by atoms with Crippen molar-refractivity contribution < 1.29 is 9.90 Å². The summed E-state index contributed by atoms with van der Waals surface area (Å²) in [6, 6.07) is 0. The second-order valence-corrected chi connectivity index (χ2v) is 5.19. The third kappa shape index (κ3) is 3.22. The van der Waals surface area contributed by atoms with Gasteiger partial charge in [0.2, 0.25) is 0 Å². The van der Waals surface area contributed by atoms with E-state index >= 15 is 0 Å². The van der Waals surface area contributed by atoms with E-state index in [1.807, 2.05) is 4.90 Å². The number of hydrogen-bond donors (Lipinski definition) is 3. The molecule has 21 heavy (non-hydrogen) atoms. The molecule has 2 rings (SSSR count). The number of Topliss-reactive ketones (excluding diaryl/α,β-unsaturated/α-hetero) is 1. The Hall–Kier alpha value is -1.93. The Kier molecular flexibility index (Phi) is 4.59. The van der Waals surface area contributed by atoms with E-state index in [1.165, 1.54) is 0 Å². The Morgan fingerprint density at radius 3 is 2.57 bits per heavy atom. The van der Waals surface area contributed by atoms with Crippen LogP contribution in [-0.4, -0.2) is 51.1 Å². The van der Waals surface area contributed by atoms with Gasteiger partial charge in [0.05, 0.1) is 12.6 Å². The minimum atomic E-state index is -0.746. The van der Waals surface area contributed by atoms with Crippen molar-refractivity contribution in [2.75, 3.05) is 25.4 Å². The van der Waals surface area contributed by atoms with Crippen molar-refractivity contribution in [2.24, 2.45) is 0 Å². The number of nitrogens with two attached hydrogens (primary N) is 1. The summed E-state index contributed by atoms with van der Waals surface area (Å²) in [4.78, 5) is 39.7. The zero-order valence-electron chi connectivity index (χ0n) is 12.0. The topological polar surface area (TPSA) is 121 Å². The summed E-state index contributed by atoms with van der Waals surface area (Å²) in [5, 5.41) is 9.44. The lowest BCUT2D eigenvalue weighted by Crippen LogP contribution is -2.42. The van der Waals surface area contributed by atoms with Crippen LogP contribution in [-0.2, 0) is 6.54 Å². The Bertz CT molecular complexity index is 641. The van der Waals surface area contributed by atoms with Crippen molar-refractivity contribution in [3.63, 3.8) is 0 Å². The van der Waals surface area contributed by atoms with Gasteiger partial charge in [0.1, 0.15) is 11.4 Å². The Labute approximate surface area is 121 Å². The second kappa shape index (κ2) is 6.23. The van der Waals surface area contributed by atoms with Gasteiger partial charge in [0.25, 0.3) is 5.56 Å². The number of hydrogen-bond acceptors (Lipinski definition) is 6. The van der Waals surface area contributed by atoms with Crippen LogP contribution in [0.4, 0.5) is 5.82 Å². The van der Waals surface area contributed by atoms with Crippen molar-refractivity contribution in [2.45, 2.75) is 32.4 Å². The Morgan fingerprint density at radius 1 is 1.38 bits per heavy atom. The number of carbonyl (C=O) groups is 1. The molecule has 0 aromatic carbocycles. The molecule has 0 atom stereocenters. The molecular weight excluding hydrogens is 276 g/mol. The molecule has 0 bridgehead atoms. The van der Waals surface area contributed by atoms with Gasteiger partial charge in [-0.1, -0.05) is 0 Å². The normalized spacial score (nSPS) is 17.0. The molecule has 0 radical (unpaired) electrons. The van der Waals surface area contributed by atoms with Crippen LogP contribution < -0.4 is 17.0 Å². The number of rotatable bonds is 4. The molecule has 0 amide bonds. The maximum Gasteiger partial charge on any atom is 0.329 e. The molecule has 0 saturated carbocycles. The lowest BCUT2D eigenvalue weighted by molar-refractivity contribution is 0.0710. The number of nitrogens with zero attached hydrogens (tertiary/aromatic N) is 2. The summed E-state index contributed by atoms with van der Waals surface area (Å²) >= 11 is 0. The minimum absolute atomic E-state index is 0.0575. The number of nitrogen functional groups attached to an aromatic ring is 1. The Balaban J connectivity index is 2.23. The summed E-state index contributed by atoms with van der Waals surface area (Å²) in [6.07, 6.45) is 0.882. The maximum absolute atomic E-state index is 12.3. The number of carbonyl (C=O) groups excluding carboxylic acids is 1. The molecule has 0 unspecified atom stereocenters. The van der Waals surface area contributed by atoms with Crippen molar-refractivity contribution in [1.29, 1.82) is 0 Å². The smallest absolute Gasteiger partial charge is 0.329 e. The highest BCUT2D eigenvalue weighted by molar-refractivity contribution is 6.01. The highest BCUT2D eigenvalue weighted by Gasteiger charge is 2.23. The number of H-pyrrole nitrogens is 1. The average Bonchev–Trinajstić information content (AvgIpc) is 2.41. The summed E-state index contributed by atoms with van der Waals surface area (Å²) < 4.78 is 1.16. The van der Waals surface area contributed by atoms with Crippen LogP contribution in [0.5, 0.6) is 0 Å².